The van der Waals surface area contributed by atoms with Gasteiger partial charge in [-0.05, 0) is 103 Å². The first-order chi connectivity index (χ1) is 22.1. The molecule has 0 spiro atoms. The Labute approximate surface area is 280 Å². The average Bonchev–Trinajstić information content (AvgIpc) is 3.42. The minimum atomic E-state index is -0.484. The number of hydrogen-bond acceptors (Lipinski definition) is 5. The Bertz CT molecular complexity index is 1610. The molecule has 47 heavy (non-hydrogen) atoms. The lowest BCUT2D eigenvalue weighted by molar-refractivity contribution is -0.167. The molecular formula is C39H55N5O3. The van der Waals surface area contributed by atoms with E-state index in [1.807, 2.05) is 30.3 Å². The maximum absolute atomic E-state index is 13.6. The minimum Gasteiger partial charge on any atom is -0.444 e. The second kappa shape index (κ2) is 10.7. The number of hydrazine groups is 1. The Morgan fingerprint density at radius 2 is 1.70 bits per heavy atom. The molecular weight excluding hydrogens is 586 g/mol. The summed E-state index contributed by atoms with van der Waals surface area (Å²) in [7, 11) is 0. The van der Waals surface area contributed by atoms with Crippen LogP contribution >= 0.6 is 0 Å². The van der Waals surface area contributed by atoms with Gasteiger partial charge in [-0.1, -0.05) is 90.4 Å². The lowest BCUT2D eigenvalue weighted by Gasteiger charge is -2.70. The number of allylic oxidation sites excluding steroid dienone is 2. The summed E-state index contributed by atoms with van der Waals surface area (Å²) in [6.45, 7) is 17.3. The first-order valence-electron chi connectivity index (χ1n) is 17.9. The number of aromatic nitrogens is 2. The van der Waals surface area contributed by atoms with E-state index in [0.717, 1.165) is 68.2 Å². The second-order valence-corrected chi connectivity index (χ2v) is 17.9. The number of ether oxygens (including phenoxy) is 1. The average molecular weight is 642 g/mol. The number of nitrogens with one attached hydrogen (secondary N) is 3. The van der Waals surface area contributed by atoms with Crippen LogP contribution in [0.4, 0.5) is 10.6 Å². The molecule has 5 aliphatic rings. The summed E-state index contributed by atoms with van der Waals surface area (Å²) in [5.74, 6) is 7.65. The fourth-order valence-corrected chi connectivity index (χ4v) is 12.2. The van der Waals surface area contributed by atoms with Gasteiger partial charge >= 0.3 is 6.09 Å². The summed E-state index contributed by atoms with van der Waals surface area (Å²) in [5.41, 5.74) is 7.07. The van der Waals surface area contributed by atoms with Crippen molar-refractivity contribution >= 4 is 17.8 Å². The molecule has 7 atom stereocenters. The van der Waals surface area contributed by atoms with Crippen LogP contribution in [0.2, 0.25) is 0 Å². The topological polar surface area (TPSA) is 122 Å². The Morgan fingerprint density at radius 1 is 0.979 bits per heavy atom. The van der Waals surface area contributed by atoms with Crippen molar-refractivity contribution in [1.29, 1.82) is 0 Å². The van der Waals surface area contributed by atoms with E-state index in [4.69, 9.17) is 10.6 Å². The van der Waals surface area contributed by atoms with Crippen molar-refractivity contribution in [3.8, 4) is 0 Å². The molecule has 1 heterocycles. The van der Waals surface area contributed by atoms with Gasteiger partial charge < -0.3 is 4.74 Å². The zero-order chi connectivity index (χ0) is 33.6. The molecule has 0 aliphatic heterocycles. The zero-order valence-electron chi connectivity index (χ0n) is 29.5. The fourth-order valence-electron chi connectivity index (χ4n) is 12.2. The van der Waals surface area contributed by atoms with Crippen molar-refractivity contribution in [2.75, 3.05) is 5.32 Å². The minimum absolute atomic E-state index is 0.00219. The van der Waals surface area contributed by atoms with Crippen LogP contribution in [-0.4, -0.2) is 22.2 Å². The number of hydrogen-bond donors (Lipinski definition) is 4. The number of anilines is 1. The van der Waals surface area contributed by atoms with Gasteiger partial charge in [-0.3, -0.25) is 20.6 Å². The molecule has 3 saturated carbocycles. The lowest BCUT2D eigenvalue weighted by Crippen LogP contribution is -2.65. The monoisotopic (exact) mass is 641 g/mol. The molecule has 2 amide bonds. The van der Waals surface area contributed by atoms with E-state index < -0.39 is 11.5 Å². The molecule has 8 nitrogen and oxygen atoms in total. The number of nitrogens with zero attached hydrogens (tertiary/aromatic N) is 1. The number of carbonyl (C=O) groups is 2. The Morgan fingerprint density at radius 3 is 2.43 bits per heavy atom. The molecule has 1 aromatic heterocycles. The Hall–Kier alpha value is -3.13. The summed E-state index contributed by atoms with van der Waals surface area (Å²) in [6, 6.07) is 9.74. The van der Waals surface area contributed by atoms with Gasteiger partial charge in [0.25, 0.3) is 0 Å². The van der Waals surface area contributed by atoms with Gasteiger partial charge in [0.05, 0.1) is 5.41 Å². The smallest absolute Gasteiger partial charge is 0.413 e. The molecule has 0 bridgehead atoms. The molecule has 5 N–H and O–H groups in total. The van der Waals surface area contributed by atoms with E-state index in [-0.39, 0.29) is 45.5 Å². The Balaban J connectivity index is 1.22. The van der Waals surface area contributed by atoms with Crippen molar-refractivity contribution in [3.05, 3.63) is 58.8 Å². The summed E-state index contributed by atoms with van der Waals surface area (Å²) in [5, 5.41) is 11.0. The summed E-state index contributed by atoms with van der Waals surface area (Å²) < 4.78 is 5.59. The van der Waals surface area contributed by atoms with Crippen LogP contribution in [0.3, 0.4) is 0 Å². The number of amides is 2. The van der Waals surface area contributed by atoms with Crippen LogP contribution in [0, 0.1) is 44.8 Å². The molecule has 0 radical (unpaired) electrons. The SMILES string of the molecule is CC1(C)CC[C@]2(C(=O)NN)CC[C@]3(C)C(=CCC4[C@@]5(C)Cc6c(NC(=O)OCc7ccccc7)n[nH]c6C(C)(C)C5CC[C@]43C)C2C1. The van der Waals surface area contributed by atoms with Gasteiger partial charge in [0.1, 0.15) is 6.61 Å². The molecule has 0 saturated heterocycles. The van der Waals surface area contributed by atoms with Gasteiger partial charge in [-0.15, -0.1) is 0 Å². The van der Waals surface area contributed by atoms with Crippen molar-refractivity contribution in [2.45, 2.75) is 118 Å². The number of rotatable bonds is 4. The highest BCUT2D eigenvalue weighted by Crippen LogP contribution is 2.75. The molecule has 5 aliphatic carbocycles. The predicted molar refractivity (Wildman–Crippen MR) is 184 cm³/mol. The number of nitrogens with two attached hydrogens (primary N) is 1. The van der Waals surface area contributed by atoms with Gasteiger partial charge in [-0.25, -0.2) is 10.6 Å². The number of benzene rings is 1. The highest BCUT2D eigenvalue weighted by molar-refractivity contribution is 5.85. The van der Waals surface area contributed by atoms with Crippen LogP contribution in [0.25, 0.3) is 0 Å². The normalized spacial score (nSPS) is 37.9. The van der Waals surface area contributed by atoms with Crippen LogP contribution in [0.1, 0.15) is 117 Å². The fraction of sp³-hybridized carbons (Fsp3) is 0.667. The maximum atomic E-state index is 13.6. The third-order valence-electron chi connectivity index (χ3n) is 14.9. The van der Waals surface area contributed by atoms with E-state index >= 15 is 0 Å². The van der Waals surface area contributed by atoms with Crippen molar-refractivity contribution < 1.29 is 14.3 Å². The van der Waals surface area contributed by atoms with Gasteiger partial charge in [0.15, 0.2) is 5.82 Å². The van der Waals surface area contributed by atoms with Crippen molar-refractivity contribution in [1.82, 2.24) is 15.6 Å². The van der Waals surface area contributed by atoms with E-state index in [1.165, 1.54) is 12.0 Å². The van der Waals surface area contributed by atoms with E-state index in [0.29, 0.717) is 17.7 Å². The van der Waals surface area contributed by atoms with Gasteiger partial charge in [0.2, 0.25) is 5.91 Å². The molecule has 1 aromatic carbocycles. The van der Waals surface area contributed by atoms with Gasteiger partial charge in [0, 0.05) is 16.7 Å². The number of carbonyl (C=O) groups excluding carboxylic acids is 2. The number of H-pyrrole nitrogens is 1. The molecule has 8 heteroatoms. The number of aromatic amines is 1. The summed E-state index contributed by atoms with van der Waals surface area (Å²) in [6.07, 6.45) is 11.2. The summed E-state index contributed by atoms with van der Waals surface area (Å²) >= 11 is 0. The van der Waals surface area contributed by atoms with Crippen LogP contribution in [0.15, 0.2) is 42.0 Å². The zero-order valence-corrected chi connectivity index (χ0v) is 29.5. The standard InChI is InChI=1S/C39H55N5O3/c1-34(2)17-19-39(32(45)42-40)20-18-37(6)26(27(39)22-34)13-14-29-36(5)21-25-30(35(3,4)28(36)15-16-38(29,37)7)43-44-31(25)41-33(46)47-23-24-11-9-8-10-12-24/h8-13,27-29H,14-23,40H2,1-7H3,(H,42,45)(H2,41,43,44,46)/t27?,28?,29?,36-,37+,38+,39-/m0/s1. The maximum Gasteiger partial charge on any atom is 0.413 e. The third kappa shape index (κ3) is 4.59. The lowest BCUT2D eigenvalue weighted by atomic mass is 9.33. The van der Waals surface area contributed by atoms with E-state index in [9.17, 15) is 9.59 Å². The first-order valence-corrected chi connectivity index (χ1v) is 17.9. The molecule has 7 rings (SSSR count). The van der Waals surface area contributed by atoms with Crippen LogP contribution in [-0.2, 0) is 28.0 Å². The summed E-state index contributed by atoms with van der Waals surface area (Å²) in [4.78, 5) is 26.6. The second-order valence-electron chi connectivity index (χ2n) is 17.9. The molecule has 2 aromatic rings. The van der Waals surface area contributed by atoms with E-state index in [2.05, 4.69) is 75.5 Å². The highest BCUT2D eigenvalue weighted by atomic mass is 16.5. The quantitative estimate of drug-likeness (QED) is 0.117. The first kappa shape index (κ1) is 32.4. The predicted octanol–water partition coefficient (Wildman–Crippen LogP) is 7.96. The van der Waals surface area contributed by atoms with Crippen LogP contribution < -0.4 is 16.6 Å². The van der Waals surface area contributed by atoms with Crippen molar-refractivity contribution in [3.63, 3.8) is 0 Å². The molecule has 3 unspecified atom stereocenters. The third-order valence-corrected chi connectivity index (χ3v) is 14.9. The largest absolute Gasteiger partial charge is 0.444 e. The highest BCUT2D eigenvalue weighted by Gasteiger charge is 2.69. The van der Waals surface area contributed by atoms with Crippen molar-refractivity contribution in [2.24, 2.45) is 50.7 Å². The molecule has 3 fully saturated rings. The van der Waals surface area contributed by atoms with E-state index in [1.54, 1.807) is 0 Å². The molecule has 254 valence electrons. The Kier molecular flexibility index (Phi) is 7.37. The number of fused-ring (bicyclic) bond motifs is 8. The van der Waals surface area contributed by atoms with Crippen LogP contribution in [0.5, 0.6) is 0 Å². The van der Waals surface area contributed by atoms with Gasteiger partial charge in [-0.2, -0.15) is 5.10 Å².